The summed E-state index contributed by atoms with van der Waals surface area (Å²) in [5.41, 5.74) is 2.27. The molecule has 1 aliphatic heterocycles. The van der Waals surface area contributed by atoms with Crippen molar-refractivity contribution in [2.24, 2.45) is 0 Å². The maximum absolute atomic E-state index is 13.0. The lowest BCUT2D eigenvalue weighted by Crippen LogP contribution is -2.34. The monoisotopic (exact) mass is 419 g/mol. The number of aryl methyl sites for hydroxylation is 1. The second-order valence-electron chi connectivity index (χ2n) is 6.47. The van der Waals surface area contributed by atoms with E-state index in [4.69, 9.17) is 4.74 Å². The molecular weight excluding hydrogens is 406 g/mol. The number of carboxylic acids is 1. The molecule has 30 heavy (non-hydrogen) atoms. The van der Waals surface area contributed by atoms with Gasteiger partial charge in [-0.25, -0.2) is 24.5 Å². The van der Waals surface area contributed by atoms with Crippen LogP contribution in [0.25, 0.3) is 10.2 Å². The van der Waals surface area contributed by atoms with E-state index in [-0.39, 0.29) is 16.6 Å². The summed E-state index contributed by atoms with van der Waals surface area (Å²) in [5.74, 6) is -0.572. The number of rotatable bonds is 4. The van der Waals surface area contributed by atoms with Gasteiger partial charge in [0.2, 0.25) is 0 Å². The number of ether oxygens (including phenoxy) is 1. The largest absolute Gasteiger partial charge is 0.477 e. The zero-order valence-corrected chi connectivity index (χ0v) is 16.3. The lowest BCUT2D eigenvalue weighted by atomic mass is 10.1. The minimum Gasteiger partial charge on any atom is -0.477 e. The van der Waals surface area contributed by atoms with Crippen LogP contribution in [0.2, 0.25) is 0 Å². The molecule has 148 valence electrons. The molecule has 0 bridgehead atoms. The Bertz CT molecular complexity index is 1320. The fourth-order valence-corrected chi connectivity index (χ4v) is 4.32. The van der Waals surface area contributed by atoms with Crippen LogP contribution in [-0.4, -0.2) is 32.1 Å². The Hall–Kier alpha value is -4.05. The van der Waals surface area contributed by atoms with Gasteiger partial charge < -0.3 is 15.2 Å². The van der Waals surface area contributed by atoms with Crippen molar-refractivity contribution in [2.45, 2.75) is 6.92 Å². The molecule has 5 rings (SSSR count). The molecule has 0 radical (unpaired) electrons. The van der Waals surface area contributed by atoms with E-state index in [0.29, 0.717) is 27.3 Å². The van der Waals surface area contributed by atoms with Crippen LogP contribution < -0.4 is 15.0 Å². The van der Waals surface area contributed by atoms with Gasteiger partial charge in [-0.3, -0.25) is 4.90 Å². The van der Waals surface area contributed by atoms with Crippen molar-refractivity contribution in [1.82, 2.24) is 15.0 Å². The summed E-state index contributed by atoms with van der Waals surface area (Å²) in [6.45, 7) is 1.85. The quantitative estimate of drug-likeness (QED) is 0.497. The van der Waals surface area contributed by atoms with Gasteiger partial charge in [-0.15, -0.1) is 11.3 Å². The number of benzene rings is 1. The van der Waals surface area contributed by atoms with E-state index in [2.05, 4.69) is 20.3 Å². The van der Waals surface area contributed by atoms with Crippen molar-refractivity contribution >= 4 is 50.6 Å². The van der Waals surface area contributed by atoms with Gasteiger partial charge in [0.1, 0.15) is 15.5 Å². The van der Waals surface area contributed by atoms with Gasteiger partial charge in [0.15, 0.2) is 0 Å². The fraction of sp³-hybridized carbons (Fsp3) is 0.0500. The molecule has 0 fully saturated rings. The molecule has 0 saturated heterocycles. The standard InChI is InChI=1S/C20H13N5O4S/c1-10-9-11(29-19-22-6-2-7-23-19)3-4-12(10)25-13-5-8-21-17-14(13)15(24-20(25)28)16(30-17)18(26)27/h2-9H,1H3,(H,24,28)(H,26,27). The molecule has 0 spiro atoms. The van der Waals surface area contributed by atoms with E-state index in [1.807, 2.05) is 6.92 Å². The highest BCUT2D eigenvalue weighted by Gasteiger charge is 2.33. The second-order valence-corrected chi connectivity index (χ2v) is 7.47. The number of carbonyl (C=O) groups is 2. The number of carboxylic acid groups (broad SMARTS) is 1. The summed E-state index contributed by atoms with van der Waals surface area (Å²) in [6.07, 6.45) is 4.73. The molecule has 1 aliphatic rings. The molecular formula is C20H13N5O4S. The lowest BCUT2D eigenvalue weighted by Gasteiger charge is -2.29. The van der Waals surface area contributed by atoms with Crippen molar-refractivity contribution in [3.05, 3.63) is 59.4 Å². The van der Waals surface area contributed by atoms with Crippen molar-refractivity contribution in [2.75, 3.05) is 10.2 Å². The third-order valence-corrected chi connectivity index (χ3v) is 5.69. The van der Waals surface area contributed by atoms with Crippen LogP contribution in [0.4, 0.5) is 21.9 Å². The lowest BCUT2D eigenvalue weighted by molar-refractivity contribution is 0.0703. The van der Waals surface area contributed by atoms with Crippen molar-refractivity contribution in [3.8, 4) is 11.8 Å². The molecule has 0 unspecified atom stereocenters. The number of nitrogens with one attached hydrogen (secondary N) is 1. The van der Waals surface area contributed by atoms with Gasteiger partial charge in [0.25, 0.3) is 0 Å². The van der Waals surface area contributed by atoms with Gasteiger partial charge in [-0.05, 0) is 42.8 Å². The summed E-state index contributed by atoms with van der Waals surface area (Å²) in [4.78, 5) is 39.0. The van der Waals surface area contributed by atoms with E-state index < -0.39 is 12.0 Å². The number of amides is 2. The van der Waals surface area contributed by atoms with Crippen molar-refractivity contribution < 1.29 is 19.4 Å². The molecule has 0 atom stereocenters. The summed E-state index contributed by atoms with van der Waals surface area (Å²) in [6, 6.07) is 8.43. The molecule has 3 aromatic heterocycles. The third kappa shape index (κ3) is 2.81. The Morgan fingerprint density at radius 1 is 1.13 bits per heavy atom. The van der Waals surface area contributed by atoms with E-state index >= 15 is 0 Å². The number of anilines is 3. The first-order valence-corrected chi connectivity index (χ1v) is 9.66. The fourth-order valence-electron chi connectivity index (χ4n) is 3.36. The first kappa shape index (κ1) is 18.0. The first-order chi connectivity index (χ1) is 14.5. The van der Waals surface area contributed by atoms with Crippen LogP contribution in [0.15, 0.2) is 48.9 Å². The minimum atomic E-state index is -1.10. The number of aromatic nitrogens is 3. The van der Waals surface area contributed by atoms with Crippen LogP contribution in [0.1, 0.15) is 15.2 Å². The van der Waals surface area contributed by atoms with E-state index in [1.54, 1.807) is 48.9 Å². The molecule has 10 heteroatoms. The SMILES string of the molecule is Cc1cc(Oc2ncccn2)ccc1N1C(=O)Nc2c(C(=O)O)sc3nccc1c23. The highest BCUT2D eigenvalue weighted by molar-refractivity contribution is 7.21. The van der Waals surface area contributed by atoms with E-state index in [0.717, 1.165) is 16.9 Å². The molecule has 2 N–H and O–H groups in total. The van der Waals surface area contributed by atoms with Crippen LogP contribution in [0.3, 0.4) is 0 Å². The van der Waals surface area contributed by atoms with Crippen LogP contribution in [-0.2, 0) is 0 Å². The number of hydrogen-bond acceptors (Lipinski definition) is 7. The molecule has 0 saturated carbocycles. The van der Waals surface area contributed by atoms with E-state index in [1.165, 1.54) is 4.90 Å². The zero-order valence-electron chi connectivity index (χ0n) is 15.5. The number of hydrogen-bond donors (Lipinski definition) is 2. The molecule has 4 heterocycles. The Labute approximate surface area is 173 Å². The molecule has 2 amide bonds. The van der Waals surface area contributed by atoms with Gasteiger partial charge in [-0.2, -0.15) is 0 Å². The van der Waals surface area contributed by atoms with Crippen LogP contribution >= 0.6 is 11.3 Å². The number of thiophene rings is 1. The molecule has 0 aliphatic carbocycles. The summed E-state index contributed by atoms with van der Waals surface area (Å²) in [5, 5.41) is 12.8. The number of aromatic carboxylic acids is 1. The zero-order chi connectivity index (χ0) is 20.8. The maximum Gasteiger partial charge on any atom is 0.348 e. The van der Waals surface area contributed by atoms with Crippen molar-refractivity contribution in [3.63, 3.8) is 0 Å². The maximum atomic E-state index is 13.0. The highest BCUT2D eigenvalue weighted by Crippen LogP contribution is 2.46. The number of urea groups is 1. The number of carbonyl (C=O) groups excluding carboxylic acids is 1. The van der Waals surface area contributed by atoms with Gasteiger partial charge in [0, 0.05) is 18.6 Å². The van der Waals surface area contributed by atoms with Crippen LogP contribution in [0, 0.1) is 6.92 Å². The summed E-state index contributed by atoms with van der Waals surface area (Å²) >= 11 is 1.03. The number of nitrogens with zero attached hydrogens (tertiary/aromatic N) is 4. The smallest absolute Gasteiger partial charge is 0.348 e. The van der Waals surface area contributed by atoms with Crippen molar-refractivity contribution in [1.29, 1.82) is 0 Å². The molecule has 4 aromatic rings. The normalized spacial score (nSPS) is 12.7. The summed E-state index contributed by atoms with van der Waals surface area (Å²) < 4.78 is 5.66. The predicted molar refractivity (Wildman–Crippen MR) is 111 cm³/mol. The van der Waals surface area contributed by atoms with Gasteiger partial charge in [-0.1, -0.05) is 0 Å². The average Bonchev–Trinajstić information content (AvgIpc) is 3.10. The average molecular weight is 419 g/mol. The van der Waals surface area contributed by atoms with E-state index in [9.17, 15) is 14.7 Å². The minimum absolute atomic E-state index is 0.0567. The number of pyridine rings is 1. The predicted octanol–water partition coefficient (Wildman–Crippen LogP) is 4.57. The Morgan fingerprint density at radius 3 is 2.67 bits per heavy atom. The van der Waals surface area contributed by atoms with Gasteiger partial charge in [0.05, 0.1) is 22.4 Å². The Morgan fingerprint density at radius 2 is 1.93 bits per heavy atom. The van der Waals surface area contributed by atoms with Crippen LogP contribution in [0.5, 0.6) is 11.8 Å². The Kier molecular flexibility index (Phi) is 4.07. The highest BCUT2D eigenvalue weighted by atomic mass is 32.1. The third-order valence-electron chi connectivity index (χ3n) is 4.60. The second kappa shape index (κ2) is 6.78. The first-order valence-electron chi connectivity index (χ1n) is 8.84. The molecule has 9 nitrogen and oxygen atoms in total. The summed E-state index contributed by atoms with van der Waals surface area (Å²) in [7, 11) is 0. The Balaban J connectivity index is 1.59. The molecule has 1 aromatic carbocycles. The van der Waals surface area contributed by atoms with Gasteiger partial charge >= 0.3 is 18.0 Å². The topological polar surface area (TPSA) is 118 Å².